The summed E-state index contributed by atoms with van der Waals surface area (Å²) < 4.78 is 1.00. The van der Waals surface area contributed by atoms with Gasteiger partial charge in [0.1, 0.15) is 0 Å². The van der Waals surface area contributed by atoms with Crippen molar-refractivity contribution in [2.45, 2.75) is 12.8 Å². The zero-order chi connectivity index (χ0) is 8.81. The Bertz CT molecular complexity index is 225. The molecule has 0 spiro atoms. The van der Waals surface area contributed by atoms with Gasteiger partial charge in [0.05, 0.1) is 6.61 Å². The van der Waals surface area contributed by atoms with Gasteiger partial charge in [-0.1, -0.05) is 0 Å². The summed E-state index contributed by atoms with van der Waals surface area (Å²) in [6, 6.07) is 3.96. The first kappa shape index (κ1) is 9.64. The fraction of sp³-hybridized carbons (Fsp3) is 0.375. The Balaban J connectivity index is 2.37. The van der Waals surface area contributed by atoms with E-state index in [1.54, 1.807) is 6.20 Å². The minimum absolute atomic E-state index is 0.581. The zero-order valence-corrected chi connectivity index (χ0v) is 8.25. The van der Waals surface area contributed by atoms with E-state index in [-0.39, 0.29) is 0 Å². The second kappa shape index (κ2) is 5.24. The molecule has 0 aliphatic heterocycles. The molecule has 0 aliphatic rings. The van der Waals surface area contributed by atoms with Crippen molar-refractivity contribution < 1.29 is 4.84 Å². The molecule has 3 nitrogen and oxygen atoms in total. The van der Waals surface area contributed by atoms with Crippen LogP contribution >= 0.6 is 15.9 Å². The number of aromatic nitrogens is 1. The Hall–Kier alpha value is -0.450. The zero-order valence-electron chi connectivity index (χ0n) is 6.66. The number of nitrogens with two attached hydrogens (primary N) is 1. The third kappa shape index (κ3) is 3.30. The van der Waals surface area contributed by atoms with Crippen LogP contribution in [0, 0.1) is 0 Å². The smallest absolute Gasteiger partial charge is 0.0683 e. The number of hydrogen-bond donors (Lipinski definition) is 1. The average molecular weight is 231 g/mol. The summed E-state index contributed by atoms with van der Waals surface area (Å²) in [5.41, 5.74) is 1.07. The van der Waals surface area contributed by atoms with Crippen molar-refractivity contribution in [2.75, 3.05) is 6.61 Å². The molecule has 0 atom stereocenters. The fourth-order valence-electron chi connectivity index (χ4n) is 0.891. The Morgan fingerprint density at radius 2 is 2.33 bits per heavy atom. The molecule has 0 aliphatic carbocycles. The first-order valence-electron chi connectivity index (χ1n) is 3.75. The number of pyridine rings is 1. The maximum atomic E-state index is 4.89. The maximum Gasteiger partial charge on any atom is 0.0683 e. The van der Waals surface area contributed by atoms with Crippen LogP contribution in [0.15, 0.2) is 22.8 Å². The molecule has 66 valence electrons. The molecule has 0 amide bonds. The van der Waals surface area contributed by atoms with Crippen LogP contribution in [0.2, 0.25) is 0 Å². The molecule has 0 saturated heterocycles. The lowest BCUT2D eigenvalue weighted by Gasteiger charge is -1.98. The molecular formula is C8H11BrN2O. The van der Waals surface area contributed by atoms with Crippen LogP contribution in [0.25, 0.3) is 0 Å². The summed E-state index contributed by atoms with van der Waals surface area (Å²) in [5.74, 6) is 4.89. The van der Waals surface area contributed by atoms with Gasteiger partial charge in [-0.25, -0.2) is 5.90 Å². The van der Waals surface area contributed by atoms with Crippen LogP contribution in [-0.4, -0.2) is 11.6 Å². The van der Waals surface area contributed by atoms with Gasteiger partial charge in [-0.2, -0.15) is 0 Å². The second-order valence-corrected chi connectivity index (χ2v) is 3.36. The molecule has 0 fully saturated rings. The highest BCUT2D eigenvalue weighted by atomic mass is 79.9. The minimum Gasteiger partial charge on any atom is -0.305 e. The summed E-state index contributed by atoms with van der Waals surface area (Å²) in [7, 11) is 0. The maximum absolute atomic E-state index is 4.89. The molecule has 0 bridgehead atoms. The van der Waals surface area contributed by atoms with Crippen LogP contribution in [0.1, 0.15) is 12.1 Å². The summed E-state index contributed by atoms with van der Waals surface area (Å²) in [6.45, 7) is 0.581. The highest BCUT2D eigenvalue weighted by Gasteiger charge is 1.93. The van der Waals surface area contributed by atoms with Gasteiger partial charge in [-0.3, -0.25) is 4.98 Å². The largest absolute Gasteiger partial charge is 0.305 e. The van der Waals surface area contributed by atoms with Crippen LogP contribution < -0.4 is 5.90 Å². The van der Waals surface area contributed by atoms with E-state index >= 15 is 0 Å². The van der Waals surface area contributed by atoms with E-state index in [4.69, 9.17) is 5.90 Å². The predicted molar refractivity (Wildman–Crippen MR) is 50.4 cm³/mol. The second-order valence-electron chi connectivity index (χ2n) is 2.44. The molecule has 1 aromatic heterocycles. The Morgan fingerprint density at radius 1 is 1.50 bits per heavy atom. The highest BCUT2D eigenvalue weighted by Crippen LogP contribution is 2.08. The van der Waals surface area contributed by atoms with Gasteiger partial charge >= 0.3 is 0 Å². The molecule has 0 radical (unpaired) electrons. The van der Waals surface area contributed by atoms with Crippen LogP contribution in [0.5, 0.6) is 0 Å². The van der Waals surface area contributed by atoms with E-state index in [2.05, 4.69) is 25.8 Å². The van der Waals surface area contributed by atoms with Crippen molar-refractivity contribution in [3.8, 4) is 0 Å². The Kier molecular flexibility index (Phi) is 4.21. The van der Waals surface area contributed by atoms with Gasteiger partial charge in [0, 0.05) is 16.4 Å². The van der Waals surface area contributed by atoms with Crippen LogP contribution in [-0.2, 0) is 11.3 Å². The third-order valence-electron chi connectivity index (χ3n) is 1.48. The lowest BCUT2D eigenvalue weighted by Crippen LogP contribution is -2.02. The normalized spacial score (nSPS) is 10.2. The first-order valence-corrected chi connectivity index (χ1v) is 4.54. The number of hydrogen-bond acceptors (Lipinski definition) is 3. The number of rotatable bonds is 4. The van der Waals surface area contributed by atoms with Crippen molar-refractivity contribution in [2.24, 2.45) is 5.90 Å². The van der Waals surface area contributed by atoms with Gasteiger partial charge < -0.3 is 4.84 Å². The topological polar surface area (TPSA) is 48.1 Å². The summed E-state index contributed by atoms with van der Waals surface area (Å²) >= 11 is 3.32. The Labute approximate surface area is 80.0 Å². The van der Waals surface area contributed by atoms with E-state index < -0.39 is 0 Å². The molecule has 1 rings (SSSR count). The molecular weight excluding hydrogens is 220 g/mol. The summed E-state index contributed by atoms with van der Waals surface area (Å²) in [6.07, 6.45) is 3.61. The van der Waals surface area contributed by atoms with Crippen molar-refractivity contribution in [3.05, 3.63) is 28.5 Å². The standard InChI is InChI=1S/C8H11BrN2O/c9-7-3-4-8(11-6-7)2-1-5-12-10/h3-4,6H,1-2,5,10H2. The number of aryl methyl sites for hydroxylation is 1. The highest BCUT2D eigenvalue weighted by molar-refractivity contribution is 9.10. The van der Waals surface area contributed by atoms with Crippen molar-refractivity contribution >= 4 is 15.9 Å². The quantitative estimate of drug-likeness (QED) is 0.633. The minimum atomic E-state index is 0.581. The summed E-state index contributed by atoms with van der Waals surface area (Å²) in [4.78, 5) is 8.66. The summed E-state index contributed by atoms with van der Waals surface area (Å²) in [5, 5.41) is 0. The monoisotopic (exact) mass is 230 g/mol. The van der Waals surface area contributed by atoms with Crippen molar-refractivity contribution in [3.63, 3.8) is 0 Å². The fourth-order valence-corrected chi connectivity index (χ4v) is 1.13. The van der Waals surface area contributed by atoms with E-state index in [1.165, 1.54) is 0 Å². The molecule has 2 N–H and O–H groups in total. The van der Waals surface area contributed by atoms with Gasteiger partial charge in [-0.05, 0) is 40.9 Å². The number of nitrogens with zero attached hydrogens (tertiary/aromatic N) is 1. The van der Waals surface area contributed by atoms with Gasteiger partial charge in [0.2, 0.25) is 0 Å². The SMILES string of the molecule is NOCCCc1ccc(Br)cn1. The third-order valence-corrected chi connectivity index (χ3v) is 1.95. The molecule has 12 heavy (non-hydrogen) atoms. The first-order chi connectivity index (χ1) is 5.83. The molecule has 1 heterocycles. The van der Waals surface area contributed by atoms with Crippen molar-refractivity contribution in [1.82, 2.24) is 4.98 Å². The van der Waals surface area contributed by atoms with Gasteiger partial charge in [0.25, 0.3) is 0 Å². The van der Waals surface area contributed by atoms with Crippen LogP contribution in [0.3, 0.4) is 0 Å². The van der Waals surface area contributed by atoms with E-state index in [9.17, 15) is 0 Å². The molecule has 1 aromatic rings. The van der Waals surface area contributed by atoms with Gasteiger partial charge in [0.15, 0.2) is 0 Å². The van der Waals surface area contributed by atoms with E-state index in [0.717, 1.165) is 23.0 Å². The number of halogens is 1. The van der Waals surface area contributed by atoms with Crippen LogP contribution in [0.4, 0.5) is 0 Å². The average Bonchev–Trinajstić information content (AvgIpc) is 2.09. The van der Waals surface area contributed by atoms with Gasteiger partial charge in [-0.15, -0.1) is 0 Å². The van der Waals surface area contributed by atoms with E-state index in [1.807, 2.05) is 12.1 Å². The molecule has 0 saturated carbocycles. The molecule has 4 heteroatoms. The lowest BCUT2D eigenvalue weighted by molar-refractivity contribution is 0.135. The molecule has 0 unspecified atom stereocenters. The molecule has 0 aromatic carbocycles. The van der Waals surface area contributed by atoms with Crippen molar-refractivity contribution in [1.29, 1.82) is 0 Å². The predicted octanol–water partition coefficient (Wildman–Crippen LogP) is 1.67. The lowest BCUT2D eigenvalue weighted by atomic mass is 10.2. The Morgan fingerprint density at radius 3 is 2.92 bits per heavy atom. The van der Waals surface area contributed by atoms with E-state index in [0.29, 0.717) is 6.61 Å².